The summed E-state index contributed by atoms with van der Waals surface area (Å²) in [5.41, 5.74) is 3.26. The van der Waals surface area contributed by atoms with Gasteiger partial charge in [-0.2, -0.15) is 0 Å². The van der Waals surface area contributed by atoms with Crippen LogP contribution in [-0.2, 0) is 6.61 Å². The highest BCUT2D eigenvalue weighted by molar-refractivity contribution is 7.13. The fourth-order valence-corrected chi connectivity index (χ4v) is 2.75. The van der Waals surface area contributed by atoms with Gasteiger partial charge in [0, 0.05) is 23.3 Å². The molecule has 0 unspecified atom stereocenters. The van der Waals surface area contributed by atoms with Gasteiger partial charge in [-0.05, 0) is 30.2 Å². The summed E-state index contributed by atoms with van der Waals surface area (Å²) in [5.74, 6) is 0.659. The van der Waals surface area contributed by atoms with E-state index in [0.29, 0.717) is 17.4 Å². The fraction of sp³-hybridized carbons (Fsp3) is 0.118. The molecule has 0 atom stereocenters. The largest absolute Gasteiger partial charge is 0.487 e. The first kappa shape index (κ1) is 14.9. The maximum atomic E-state index is 6.22. The Balaban J connectivity index is 1.74. The highest BCUT2D eigenvalue weighted by atomic mass is 35.5. The van der Waals surface area contributed by atoms with E-state index in [0.717, 1.165) is 16.4 Å². The average molecular weight is 331 g/mol. The third-order valence-electron chi connectivity index (χ3n) is 3.26. The van der Waals surface area contributed by atoms with E-state index in [2.05, 4.69) is 29.4 Å². The second-order valence-electron chi connectivity index (χ2n) is 4.82. The molecular weight excluding hydrogens is 316 g/mol. The van der Waals surface area contributed by atoms with Crippen LogP contribution in [-0.4, -0.2) is 4.98 Å². The van der Waals surface area contributed by atoms with E-state index in [9.17, 15) is 0 Å². The maximum Gasteiger partial charge on any atom is 0.187 e. The molecule has 3 nitrogen and oxygen atoms in total. The molecule has 0 fully saturated rings. The lowest BCUT2D eigenvalue weighted by Crippen LogP contribution is -1.99. The van der Waals surface area contributed by atoms with Crippen molar-refractivity contribution in [1.82, 2.24) is 4.98 Å². The number of aromatic nitrogens is 1. The van der Waals surface area contributed by atoms with Crippen molar-refractivity contribution in [2.24, 2.45) is 0 Å². The lowest BCUT2D eigenvalue weighted by atomic mass is 10.1. The number of hydrogen-bond acceptors (Lipinski definition) is 4. The van der Waals surface area contributed by atoms with Crippen LogP contribution in [0.25, 0.3) is 0 Å². The molecule has 1 aromatic heterocycles. The predicted octanol–water partition coefficient (Wildman–Crippen LogP) is 5.43. The molecule has 0 aliphatic rings. The molecule has 2 aromatic carbocycles. The second-order valence-corrected chi connectivity index (χ2v) is 6.12. The summed E-state index contributed by atoms with van der Waals surface area (Å²) in [7, 11) is 0. The van der Waals surface area contributed by atoms with Gasteiger partial charge in [0.1, 0.15) is 12.4 Å². The predicted molar refractivity (Wildman–Crippen MR) is 92.4 cm³/mol. The van der Waals surface area contributed by atoms with Crippen LogP contribution in [0.2, 0.25) is 5.02 Å². The number of anilines is 2. The maximum absolute atomic E-state index is 6.22. The van der Waals surface area contributed by atoms with Crippen LogP contribution < -0.4 is 10.1 Å². The standard InChI is InChI=1S/C17H15ClN2OS/c1-12-4-2-3-5-13(12)11-21-16-10-14(6-7-15(16)18)20-17-19-8-9-22-17/h2-10H,11H2,1H3,(H,19,20). The van der Waals surface area contributed by atoms with E-state index in [4.69, 9.17) is 16.3 Å². The molecule has 5 heteroatoms. The van der Waals surface area contributed by atoms with Crippen molar-refractivity contribution < 1.29 is 4.74 Å². The second kappa shape index (κ2) is 6.81. The smallest absolute Gasteiger partial charge is 0.187 e. The molecule has 0 aliphatic heterocycles. The van der Waals surface area contributed by atoms with Gasteiger partial charge >= 0.3 is 0 Å². The summed E-state index contributed by atoms with van der Waals surface area (Å²) in [5, 5.41) is 6.59. The first-order valence-corrected chi connectivity index (χ1v) is 8.11. The minimum Gasteiger partial charge on any atom is -0.487 e. The number of hydrogen-bond donors (Lipinski definition) is 1. The minimum absolute atomic E-state index is 0.493. The summed E-state index contributed by atoms with van der Waals surface area (Å²) in [6.45, 7) is 2.56. The normalized spacial score (nSPS) is 10.5. The Kier molecular flexibility index (Phi) is 4.61. The van der Waals surface area contributed by atoms with Gasteiger partial charge in [-0.3, -0.25) is 0 Å². The number of halogens is 1. The van der Waals surface area contributed by atoms with Gasteiger partial charge < -0.3 is 10.1 Å². The number of thiazole rings is 1. The quantitative estimate of drug-likeness (QED) is 0.677. The average Bonchev–Trinajstić information content (AvgIpc) is 3.02. The Morgan fingerprint density at radius 1 is 1.23 bits per heavy atom. The monoisotopic (exact) mass is 330 g/mol. The molecule has 22 heavy (non-hydrogen) atoms. The van der Waals surface area contributed by atoms with E-state index in [1.165, 1.54) is 5.56 Å². The van der Waals surface area contributed by atoms with E-state index in [-0.39, 0.29) is 0 Å². The van der Waals surface area contributed by atoms with Crippen molar-refractivity contribution in [3.05, 3.63) is 70.2 Å². The third kappa shape index (κ3) is 3.59. The molecule has 0 radical (unpaired) electrons. The Morgan fingerprint density at radius 3 is 2.86 bits per heavy atom. The molecule has 112 valence electrons. The number of rotatable bonds is 5. The highest BCUT2D eigenvalue weighted by Gasteiger charge is 2.06. The van der Waals surface area contributed by atoms with Crippen molar-refractivity contribution in [1.29, 1.82) is 0 Å². The van der Waals surface area contributed by atoms with Crippen molar-refractivity contribution in [3.8, 4) is 5.75 Å². The highest BCUT2D eigenvalue weighted by Crippen LogP contribution is 2.30. The van der Waals surface area contributed by atoms with Gasteiger partial charge in [0.25, 0.3) is 0 Å². The van der Waals surface area contributed by atoms with Crippen LogP contribution >= 0.6 is 22.9 Å². The number of aryl methyl sites for hydroxylation is 1. The van der Waals surface area contributed by atoms with E-state index in [1.54, 1.807) is 17.5 Å². The summed E-state index contributed by atoms with van der Waals surface area (Å²) in [4.78, 5) is 4.20. The van der Waals surface area contributed by atoms with Crippen LogP contribution in [0.15, 0.2) is 54.0 Å². The van der Waals surface area contributed by atoms with Gasteiger partial charge in [-0.1, -0.05) is 35.9 Å². The van der Waals surface area contributed by atoms with Crippen LogP contribution in [0.3, 0.4) is 0 Å². The van der Waals surface area contributed by atoms with E-state index in [1.807, 2.05) is 35.7 Å². The Labute approximate surface area is 138 Å². The zero-order valence-electron chi connectivity index (χ0n) is 12.0. The molecule has 0 aliphatic carbocycles. The Morgan fingerprint density at radius 2 is 2.09 bits per heavy atom. The third-order valence-corrected chi connectivity index (χ3v) is 4.26. The van der Waals surface area contributed by atoms with Gasteiger partial charge in [-0.25, -0.2) is 4.98 Å². The van der Waals surface area contributed by atoms with Gasteiger partial charge in [0.2, 0.25) is 0 Å². The van der Waals surface area contributed by atoms with Crippen LogP contribution in [0, 0.1) is 6.92 Å². The molecule has 3 aromatic rings. The SMILES string of the molecule is Cc1ccccc1COc1cc(Nc2nccs2)ccc1Cl. The van der Waals surface area contributed by atoms with Crippen molar-refractivity contribution >= 4 is 33.8 Å². The number of ether oxygens (including phenoxy) is 1. The molecule has 0 amide bonds. The summed E-state index contributed by atoms with van der Waals surface area (Å²) >= 11 is 7.76. The number of nitrogens with one attached hydrogen (secondary N) is 1. The fourth-order valence-electron chi connectivity index (χ4n) is 2.03. The van der Waals surface area contributed by atoms with Gasteiger partial charge in [-0.15, -0.1) is 11.3 Å². The zero-order chi connectivity index (χ0) is 15.4. The Hall–Kier alpha value is -2.04. The molecule has 0 bridgehead atoms. The van der Waals surface area contributed by atoms with Crippen LogP contribution in [0.4, 0.5) is 10.8 Å². The van der Waals surface area contributed by atoms with Crippen LogP contribution in [0.1, 0.15) is 11.1 Å². The summed E-state index contributed by atoms with van der Waals surface area (Å²) in [6, 6.07) is 13.8. The van der Waals surface area contributed by atoms with E-state index >= 15 is 0 Å². The molecule has 1 heterocycles. The molecule has 0 saturated heterocycles. The first-order chi connectivity index (χ1) is 10.7. The topological polar surface area (TPSA) is 34.1 Å². The molecule has 0 saturated carbocycles. The zero-order valence-corrected chi connectivity index (χ0v) is 13.6. The Bertz CT molecular complexity index is 759. The van der Waals surface area contributed by atoms with Gasteiger partial charge in [0.05, 0.1) is 5.02 Å². The molecule has 3 rings (SSSR count). The first-order valence-electron chi connectivity index (χ1n) is 6.86. The minimum atomic E-state index is 0.493. The lowest BCUT2D eigenvalue weighted by molar-refractivity contribution is 0.306. The lowest BCUT2D eigenvalue weighted by Gasteiger charge is -2.12. The molecule has 0 spiro atoms. The summed E-state index contributed by atoms with van der Waals surface area (Å²) in [6.07, 6.45) is 1.76. The van der Waals surface area contributed by atoms with Crippen LogP contribution in [0.5, 0.6) is 5.75 Å². The van der Waals surface area contributed by atoms with E-state index < -0.39 is 0 Å². The van der Waals surface area contributed by atoms with Crippen molar-refractivity contribution in [2.75, 3.05) is 5.32 Å². The number of benzene rings is 2. The summed E-state index contributed by atoms with van der Waals surface area (Å²) < 4.78 is 5.87. The molecule has 1 N–H and O–H groups in total. The number of nitrogens with zero attached hydrogens (tertiary/aromatic N) is 1. The van der Waals surface area contributed by atoms with Crippen molar-refractivity contribution in [2.45, 2.75) is 13.5 Å². The van der Waals surface area contributed by atoms with Crippen molar-refractivity contribution in [3.63, 3.8) is 0 Å². The van der Waals surface area contributed by atoms with Gasteiger partial charge in [0.15, 0.2) is 5.13 Å². The molecular formula is C17H15ClN2OS.